The van der Waals surface area contributed by atoms with Crippen LogP contribution in [-0.4, -0.2) is 55.6 Å². The molecule has 9 heteroatoms. The van der Waals surface area contributed by atoms with Gasteiger partial charge in [0.1, 0.15) is 11.5 Å². The van der Waals surface area contributed by atoms with Gasteiger partial charge in [0.15, 0.2) is 5.60 Å². The highest BCUT2D eigenvalue weighted by molar-refractivity contribution is 6.34. The van der Waals surface area contributed by atoms with Gasteiger partial charge in [0.2, 0.25) is 0 Å². The Bertz CT molecular complexity index is 961. The predicted molar refractivity (Wildman–Crippen MR) is 133 cm³/mol. The molecule has 2 aromatic carbocycles. The lowest BCUT2D eigenvalue weighted by Gasteiger charge is -2.26. The largest absolute Gasteiger partial charge is 0.496 e. The van der Waals surface area contributed by atoms with Crippen LogP contribution in [0.1, 0.15) is 38.1 Å². The van der Waals surface area contributed by atoms with Crippen LogP contribution in [0, 0.1) is 0 Å². The average molecular weight is 496 g/mol. The number of likely N-dealkylation sites (N-methyl/N-ethyl adjacent to an activating group) is 1. The van der Waals surface area contributed by atoms with E-state index >= 15 is 0 Å². The molecule has 180 valence electrons. The number of nitrogens with zero attached hydrogens (tertiary/aromatic N) is 1. The molecule has 0 unspecified atom stereocenters. The Labute approximate surface area is 205 Å². The molecular weight excluding hydrogens is 465 g/mol. The van der Waals surface area contributed by atoms with Crippen LogP contribution in [-0.2, 0) is 4.79 Å². The van der Waals surface area contributed by atoms with Gasteiger partial charge in [0, 0.05) is 24.2 Å². The Balaban J connectivity index is 2.12. The molecule has 0 saturated carbocycles. The second kappa shape index (κ2) is 12.1. The lowest BCUT2D eigenvalue weighted by Crippen LogP contribution is -2.42. The number of benzene rings is 2. The fourth-order valence-electron chi connectivity index (χ4n) is 3.07. The molecule has 0 aromatic heterocycles. The number of halogens is 2. The third-order valence-electron chi connectivity index (χ3n) is 5.12. The van der Waals surface area contributed by atoms with Gasteiger partial charge in [-0.05, 0) is 57.3 Å². The monoisotopic (exact) mass is 495 g/mol. The van der Waals surface area contributed by atoms with Gasteiger partial charge >= 0.3 is 0 Å². The van der Waals surface area contributed by atoms with Crippen molar-refractivity contribution in [3.05, 3.63) is 52.0 Å². The van der Waals surface area contributed by atoms with Gasteiger partial charge in [-0.1, -0.05) is 37.0 Å². The van der Waals surface area contributed by atoms with Crippen LogP contribution in [0.25, 0.3) is 0 Å². The smallest absolute Gasteiger partial charge is 0.268 e. The Morgan fingerprint density at radius 2 is 1.70 bits per heavy atom. The highest BCUT2D eigenvalue weighted by atomic mass is 35.5. The zero-order valence-corrected chi connectivity index (χ0v) is 21.1. The first-order chi connectivity index (χ1) is 15.6. The minimum atomic E-state index is -1.20. The molecule has 0 saturated heterocycles. The quantitative estimate of drug-likeness (QED) is 0.464. The highest BCUT2D eigenvalue weighted by Gasteiger charge is 2.31. The van der Waals surface area contributed by atoms with Gasteiger partial charge in [-0.3, -0.25) is 9.59 Å². The zero-order valence-electron chi connectivity index (χ0n) is 19.6. The van der Waals surface area contributed by atoms with Crippen molar-refractivity contribution < 1.29 is 19.1 Å². The number of hydrogen-bond acceptors (Lipinski definition) is 5. The summed E-state index contributed by atoms with van der Waals surface area (Å²) in [4.78, 5) is 27.8. The zero-order chi connectivity index (χ0) is 24.6. The molecule has 33 heavy (non-hydrogen) atoms. The minimum absolute atomic E-state index is 0.209. The Hall–Kier alpha value is -2.48. The number of ether oxygens (including phenoxy) is 2. The molecule has 0 heterocycles. The summed E-state index contributed by atoms with van der Waals surface area (Å²) in [5.41, 5.74) is -0.604. The lowest BCUT2D eigenvalue weighted by molar-refractivity contribution is -0.128. The first-order valence-corrected chi connectivity index (χ1v) is 11.5. The van der Waals surface area contributed by atoms with E-state index in [1.165, 1.54) is 19.2 Å². The molecule has 0 aliphatic carbocycles. The van der Waals surface area contributed by atoms with Crippen LogP contribution in [0.2, 0.25) is 10.0 Å². The van der Waals surface area contributed by atoms with E-state index in [1.54, 1.807) is 38.1 Å². The predicted octanol–water partition coefficient (Wildman–Crippen LogP) is 4.87. The van der Waals surface area contributed by atoms with Gasteiger partial charge < -0.3 is 25.0 Å². The van der Waals surface area contributed by atoms with Gasteiger partial charge in [-0.25, -0.2) is 0 Å². The van der Waals surface area contributed by atoms with Gasteiger partial charge in [0.05, 0.1) is 23.4 Å². The second-order valence-electron chi connectivity index (χ2n) is 7.84. The number of nitrogens with one attached hydrogen (secondary N) is 2. The Morgan fingerprint density at radius 3 is 2.27 bits per heavy atom. The van der Waals surface area contributed by atoms with Crippen LogP contribution in [0.4, 0.5) is 5.69 Å². The van der Waals surface area contributed by atoms with E-state index in [9.17, 15) is 9.59 Å². The normalized spacial score (nSPS) is 11.3. The van der Waals surface area contributed by atoms with E-state index in [-0.39, 0.29) is 16.5 Å². The van der Waals surface area contributed by atoms with Gasteiger partial charge in [0.25, 0.3) is 11.8 Å². The molecule has 7 nitrogen and oxygen atoms in total. The Morgan fingerprint density at radius 1 is 1.06 bits per heavy atom. The fraction of sp³-hybridized carbons (Fsp3) is 0.417. The van der Waals surface area contributed by atoms with E-state index in [2.05, 4.69) is 29.4 Å². The summed E-state index contributed by atoms with van der Waals surface area (Å²) in [6.07, 6.45) is 0. The molecule has 0 atom stereocenters. The average Bonchev–Trinajstić information content (AvgIpc) is 2.79. The molecule has 2 rings (SSSR count). The van der Waals surface area contributed by atoms with Crippen molar-refractivity contribution in [1.82, 2.24) is 10.2 Å². The summed E-state index contributed by atoms with van der Waals surface area (Å²) in [6.45, 7) is 10.5. The van der Waals surface area contributed by atoms with Crippen molar-refractivity contribution >= 4 is 40.7 Å². The third kappa shape index (κ3) is 7.52. The fourth-order valence-corrected chi connectivity index (χ4v) is 3.41. The van der Waals surface area contributed by atoms with Crippen molar-refractivity contribution in [3.63, 3.8) is 0 Å². The maximum atomic E-state index is 12.9. The molecule has 0 radical (unpaired) electrons. The molecule has 0 bridgehead atoms. The first-order valence-electron chi connectivity index (χ1n) is 10.7. The van der Waals surface area contributed by atoms with Crippen molar-refractivity contribution in [2.45, 2.75) is 33.3 Å². The number of anilines is 1. The van der Waals surface area contributed by atoms with E-state index in [0.717, 1.165) is 19.6 Å². The number of amides is 2. The molecule has 0 spiro atoms. The number of hydrogen-bond donors (Lipinski definition) is 2. The lowest BCUT2D eigenvalue weighted by atomic mass is 10.1. The van der Waals surface area contributed by atoms with Crippen LogP contribution < -0.4 is 20.1 Å². The summed E-state index contributed by atoms with van der Waals surface area (Å²) in [7, 11) is 1.45. The minimum Gasteiger partial charge on any atom is -0.496 e. The summed E-state index contributed by atoms with van der Waals surface area (Å²) >= 11 is 12.3. The van der Waals surface area contributed by atoms with Crippen molar-refractivity contribution in [3.8, 4) is 11.5 Å². The van der Waals surface area contributed by atoms with Crippen molar-refractivity contribution in [2.75, 3.05) is 38.6 Å². The summed E-state index contributed by atoms with van der Waals surface area (Å²) < 4.78 is 11.2. The topological polar surface area (TPSA) is 79.9 Å². The maximum Gasteiger partial charge on any atom is 0.268 e. The van der Waals surface area contributed by atoms with Crippen molar-refractivity contribution in [1.29, 1.82) is 0 Å². The van der Waals surface area contributed by atoms with E-state index in [0.29, 0.717) is 28.8 Å². The van der Waals surface area contributed by atoms with E-state index < -0.39 is 11.5 Å². The molecule has 2 amide bonds. The SMILES string of the molecule is CCN(CC)CCNC(=O)c1cc(Cl)c(NC(=O)C(C)(C)Oc2ccc(Cl)cc2)cc1OC. The van der Waals surface area contributed by atoms with Crippen LogP contribution in [0.15, 0.2) is 36.4 Å². The molecule has 2 N–H and O–H groups in total. The van der Waals surface area contributed by atoms with Crippen LogP contribution >= 0.6 is 23.2 Å². The highest BCUT2D eigenvalue weighted by Crippen LogP contribution is 2.32. The summed E-state index contributed by atoms with van der Waals surface area (Å²) in [6, 6.07) is 9.73. The van der Waals surface area contributed by atoms with E-state index in [4.69, 9.17) is 32.7 Å². The molecular formula is C24H31Cl2N3O4. The third-order valence-corrected chi connectivity index (χ3v) is 5.69. The standard InChI is InChI=1S/C24H31Cl2N3O4/c1-6-29(7-2)13-12-27-22(30)18-14-19(26)20(15-21(18)32-5)28-23(31)24(3,4)33-17-10-8-16(25)9-11-17/h8-11,14-15H,6-7,12-13H2,1-5H3,(H,27,30)(H,28,31). The molecule has 2 aromatic rings. The number of carbonyl (C=O) groups excluding carboxylic acids is 2. The van der Waals surface area contributed by atoms with Crippen LogP contribution in [0.5, 0.6) is 11.5 Å². The molecule has 0 aliphatic rings. The van der Waals surface area contributed by atoms with Crippen molar-refractivity contribution in [2.24, 2.45) is 0 Å². The van der Waals surface area contributed by atoms with E-state index in [1.807, 2.05) is 0 Å². The molecule has 0 fully saturated rings. The Kier molecular flexibility index (Phi) is 9.83. The van der Waals surface area contributed by atoms with Gasteiger partial charge in [-0.2, -0.15) is 0 Å². The molecule has 0 aliphatic heterocycles. The number of carbonyl (C=O) groups is 2. The number of methoxy groups -OCH3 is 1. The maximum absolute atomic E-state index is 12.9. The first kappa shape index (κ1) is 26.8. The summed E-state index contributed by atoms with van der Waals surface area (Å²) in [5.74, 6) is 0.0782. The van der Waals surface area contributed by atoms with Crippen LogP contribution in [0.3, 0.4) is 0 Å². The van der Waals surface area contributed by atoms with Gasteiger partial charge in [-0.15, -0.1) is 0 Å². The number of rotatable bonds is 11. The second-order valence-corrected chi connectivity index (χ2v) is 8.68. The summed E-state index contributed by atoms with van der Waals surface area (Å²) in [5, 5.41) is 6.41.